The number of rotatable bonds is 7. The molecule has 1 aliphatic heterocycles. The number of carbonyl (C=O) groups excluding carboxylic acids is 1. The molecule has 1 N–H and O–H groups in total. The van der Waals surface area contributed by atoms with Crippen LogP contribution in [0.15, 0.2) is 53.4 Å². The smallest absolute Gasteiger partial charge is 0.260 e. The molecular formula is C20H22F2N2O4S. The molecule has 6 nitrogen and oxygen atoms in total. The second-order valence-corrected chi connectivity index (χ2v) is 8.62. The standard InChI is InChI=1S/C20H22F2N2O4S/c21-18-7-6-17(12-19(18)22)29(26,27)23-13-15-8-10-24(11-9-15)20(25)14-28-16-4-2-1-3-5-16/h1-7,12,15,23H,8-11,13-14H2. The zero-order chi connectivity index (χ0) is 20.9. The molecule has 0 aliphatic carbocycles. The van der Waals surface area contributed by atoms with E-state index < -0.39 is 21.7 Å². The Bertz CT molecular complexity index is 946. The van der Waals surface area contributed by atoms with Crippen molar-refractivity contribution in [1.82, 2.24) is 9.62 Å². The second-order valence-electron chi connectivity index (χ2n) is 6.85. The summed E-state index contributed by atoms with van der Waals surface area (Å²) in [6.07, 6.45) is 1.27. The minimum absolute atomic E-state index is 0.0442. The maximum absolute atomic E-state index is 13.3. The molecule has 0 spiro atoms. The van der Waals surface area contributed by atoms with Gasteiger partial charge < -0.3 is 9.64 Å². The van der Waals surface area contributed by atoms with E-state index >= 15 is 0 Å². The summed E-state index contributed by atoms with van der Waals surface area (Å²) in [5.41, 5.74) is 0. The number of nitrogens with one attached hydrogen (secondary N) is 1. The molecule has 1 amide bonds. The fourth-order valence-electron chi connectivity index (χ4n) is 3.09. The van der Waals surface area contributed by atoms with Gasteiger partial charge in [-0.3, -0.25) is 4.79 Å². The molecule has 3 rings (SSSR count). The average molecular weight is 424 g/mol. The Labute approximate surface area is 168 Å². The van der Waals surface area contributed by atoms with Crippen LogP contribution < -0.4 is 9.46 Å². The first-order chi connectivity index (χ1) is 13.8. The Morgan fingerprint density at radius 3 is 2.41 bits per heavy atom. The van der Waals surface area contributed by atoms with Crippen LogP contribution in [-0.2, 0) is 14.8 Å². The normalized spacial score (nSPS) is 15.3. The Hall–Kier alpha value is -2.52. The van der Waals surface area contributed by atoms with E-state index in [2.05, 4.69) is 4.72 Å². The molecule has 2 aromatic rings. The molecule has 1 aliphatic rings. The number of halogens is 2. The van der Waals surface area contributed by atoms with E-state index in [1.807, 2.05) is 18.2 Å². The van der Waals surface area contributed by atoms with Crippen molar-refractivity contribution in [2.24, 2.45) is 5.92 Å². The summed E-state index contributed by atoms with van der Waals surface area (Å²) in [5.74, 6) is -1.75. The molecule has 1 saturated heterocycles. The fourth-order valence-corrected chi connectivity index (χ4v) is 4.22. The van der Waals surface area contributed by atoms with Crippen molar-refractivity contribution in [1.29, 1.82) is 0 Å². The average Bonchev–Trinajstić information content (AvgIpc) is 2.73. The third-order valence-corrected chi connectivity index (χ3v) is 6.26. The number of hydrogen-bond acceptors (Lipinski definition) is 4. The maximum Gasteiger partial charge on any atom is 0.260 e. The molecule has 9 heteroatoms. The third kappa shape index (κ3) is 5.74. The maximum atomic E-state index is 13.3. The molecule has 0 aromatic heterocycles. The van der Waals surface area contributed by atoms with Gasteiger partial charge in [0.15, 0.2) is 18.2 Å². The summed E-state index contributed by atoms with van der Waals surface area (Å²) in [7, 11) is -3.93. The minimum Gasteiger partial charge on any atom is -0.484 e. The largest absolute Gasteiger partial charge is 0.484 e. The zero-order valence-corrected chi connectivity index (χ0v) is 16.5. The summed E-state index contributed by atoms with van der Waals surface area (Å²) in [5, 5.41) is 0. The molecule has 2 aromatic carbocycles. The molecule has 0 radical (unpaired) electrons. The van der Waals surface area contributed by atoms with Crippen LogP contribution in [0.4, 0.5) is 8.78 Å². The van der Waals surface area contributed by atoms with Crippen LogP contribution in [0.5, 0.6) is 5.75 Å². The lowest BCUT2D eigenvalue weighted by atomic mass is 9.97. The van der Waals surface area contributed by atoms with Crippen LogP contribution in [0.1, 0.15) is 12.8 Å². The number of benzene rings is 2. The highest BCUT2D eigenvalue weighted by molar-refractivity contribution is 7.89. The Balaban J connectivity index is 1.44. The van der Waals surface area contributed by atoms with Crippen LogP contribution in [0, 0.1) is 17.6 Å². The van der Waals surface area contributed by atoms with E-state index in [0.29, 0.717) is 37.7 Å². The van der Waals surface area contributed by atoms with Crippen LogP contribution in [-0.4, -0.2) is 45.5 Å². The highest BCUT2D eigenvalue weighted by atomic mass is 32.2. The first kappa shape index (κ1) is 21.2. The van der Waals surface area contributed by atoms with Crippen LogP contribution in [0.3, 0.4) is 0 Å². The molecule has 1 heterocycles. The summed E-state index contributed by atoms with van der Waals surface area (Å²) in [4.78, 5) is 13.6. The van der Waals surface area contributed by atoms with Gasteiger partial charge in [-0.05, 0) is 49.1 Å². The molecule has 1 fully saturated rings. The van der Waals surface area contributed by atoms with Gasteiger partial charge in [-0.15, -0.1) is 0 Å². The zero-order valence-electron chi connectivity index (χ0n) is 15.7. The van der Waals surface area contributed by atoms with Crippen molar-refractivity contribution in [3.05, 3.63) is 60.2 Å². The number of ether oxygens (including phenoxy) is 1. The van der Waals surface area contributed by atoms with Gasteiger partial charge in [-0.25, -0.2) is 21.9 Å². The predicted octanol–water partition coefficient (Wildman–Crippen LogP) is 2.56. The topological polar surface area (TPSA) is 75.7 Å². The Kier molecular flexibility index (Phi) is 6.81. The van der Waals surface area contributed by atoms with Crippen molar-refractivity contribution < 1.29 is 26.7 Å². The summed E-state index contributed by atoms with van der Waals surface area (Å²) in [6, 6.07) is 11.5. The van der Waals surface area contributed by atoms with Crippen LogP contribution in [0.25, 0.3) is 0 Å². The Morgan fingerprint density at radius 2 is 1.76 bits per heavy atom. The molecule has 156 valence electrons. The number of piperidine rings is 1. The lowest BCUT2D eigenvalue weighted by Crippen LogP contribution is -2.43. The van der Waals surface area contributed by atoms with Crippen LogP contribution in [0.2, 0.25) is 0 Å². The third-order valence-electron chi connectivity index (χ3n) is 4.84. The molecule has 0 bridgehead atoms. The highest BCUT2D eigenvalue weighted by Gasteiger charge is 2.25. The summed E-state index contributed by atoms with van der Waals surface area (Å²) in [6.45, 7) is 1.14. The number of nitrogens with zero attached hydrogens (tertiary/aromatic N) is 1. The summed E-state index contributed by atoms with van der Waals surface area (Å²) >= 11 is 0. The van der Waals surface area contributed by atoms with Crippen molar-refractivity contribution in [3.8, 4) is 5.75 Å². The highest BCUT2D eigenvalue weighted by Crippen LogP contribution is 2.19. The van der Waals surface area contributed by atoms with Crippen LogP contribution >= 0.6 is 0 Å². The lowest BCUT2D eigenvalue weighted by molar-refractivity contribution is -0.134. The second kappa shape index (κ2) is 9.32. The lowest BCUT2D eigenvalue weighted by Gasteiger charge is -2.32. The van der Waals surface area contributed by atoms with E-state index in [9.17, 15) is 22.0 Å². The van der Waals surface area contributed by atoms with Gasteiger partial charge in [0.2, 0.25) is 10.0 Å². The predicted molar refractivity (Wildman–Crippen MR) is 103 cm³/mol. The SMILES string of the molecule is O=C(COc1ccccc1)N1CCC(CNS(=O)(=O)c2ccc(F)c(F)c2)CC1. The van der Waals surface area contributed by atoms with Gasteiger partial charge in [0.25, 0.3) is 5.91 Å². The van der Waals surface area contributed by atoms with Gasteiger partial charge in [0.1, 0.15) is 5.75 Å². The van der Waals surface area contributed by atoms with Crippen molar-refractivity contribution in [3.63, 3.8) is 0 Å². The monoisotopic (exact) mass is 424 g/mol. The first-order valence-electron chi connectivity index (χ1n) is 9.25. The first-order valence-corrected chi connectivity index (χ1v) is 10.7. The number of likely N-dealkylation sites (tertiary alicyclic amines) is 1. The fraction of sp³-hybridized carbons (Fsp3) is 0.350. The number of amides is 1. The van der Waals surface area contributed by atoms with E-state index in [4.69, 9.17) is 4.74 Å². The molecule has 0 saturated carbocycles. The quantitative estimate of drug-likeness (QED) is 0.741. The Morgan fingerprint density at radius 1 is 1.07 bits per heavy atom. The number of carbonyl (C=O) groups is 1. The molecule has 29 heavy (non-hydrogen) atoms. The van der Waals surface area contributed by atoms with E-state index in [1.54, 1.807) is 17.0 Å². The number of para-hydroxylation sites is 1. The van der Waals surface area contributed by atoms with Crippen molar-refractivity contribution in [2.45, 2.75) is 17.7 Å². The van der Waals surface area contributed by atoms with E-state index in [-0.39, 0.29) is 29.9 Å². The van der Waals surface area contributed by atoms with Gasteiger partial charge in [0.05, 0.1) is 4.90 Å². The number of sulfonamides is 1. The van der Waals surface area contributed by atoms with Gasteiger partial charge >= 0.3 is 0 Å². The number of hydrogen-bond donors (Lipinski definition) is 1. The van der Waals surface area contributed by atoms with Gasteiger partial charge in [-0.2, -0.15) is 0 Å². The molecular weight excluding hydrogens is 402 g/mol. The molecule has 0 unspecified atom stereocenters. The van der Waals surface area contributed by atoms with Crippen molar-refractivity contribution >= 4 is 15.9 Å². The van der Waals surface area contributed by atoms with Crippen molar-refractivity contribution in [2.75, 3.05) is 26.2 Å². The molecule has 0 atom stereocenters. The summed E-state index contributed by atoms with van der Waals surface area (Å²) < 4.78 is 58.7. The minimum atomic E-state index is -3.93. The van der Waals surface area contributed by atoms with Gasteiger partial charge in [0, 0.05) is 19.6 Å². The van der Waals surface area contributed by atoms with E-state index in [1.165, 1.54) is 0 Å². The van der Waals surface area contributed by atoms with Gasteiger partial charge in [-0.1, -0.05) is 18.2 Å². The van der Waals surface area contributed by atoms with E-state index in [0.717, 1.165) is 12.1 Å².